The number of hydrogen-bond donors (Lipinski definition) is 3. The summed E-state index contributed by atoms with van der Waals surface area (Å²) >= 11 is 1.53. The van der Waals surface area contributed by atoms with E-state index in [1.54, 1.807) is 6.20 Å². The molecule has 128 valence electrons. The Morgan fingerprint density at radius 1 is 1.29 bits per heavy atom. The van der Waals surface area contributed by atoms with Gasteiger partial charge in [0.1, 0.15) is 11.0 Å². The molecule has 6 heteroatoms. The van der Waals surface area contributed by atoms with Gasteiger partial charge >= 0.3 is 0 Å². The predicted octanol–water partition coefficient (Wildman–Crippen LogP) is 2.24. The first-order chi connectivity index (χ1) is 11.7. The number of nitrogens with zero attached hydrogens (tertiary/aromatic N) is 1. The average Bonchev–Trinajstić information content (AvgIpc) is 3.31. The second kappa shape index (κ2) is 7.88. The van der Waals surface area contributed by atoms with Crippen LogP contribution in [0, 0.1) is 0 Å². The van der Waals surface area contributed by atoms with E-state index in [-0.39, 0.29) is 30.6 Å². The van der Waals surface area contributed by atoms with Gasteiger partial charge in [0.05, 0.1) is 13.2 Å². The van der Waals surface area contributed by atoms with Gasteiger partial charge in [-0.25, -0.2) is 4.98 Å². The van der Waals surface area contributed by atoms with Crippen molar-refractivity contribution in [1.82, 2.24) is 15.6 Å². The number of rotatable bonds is 7. The summed E-state index contributed by atoms with van der Waals surface area (Å²) in [6.45, 7) is 0.282. The normalized spacial score (nSPS) is 17.5. The zero-order valence-corrected chi connectivity index (χ0v) is 14.4. The predicted molar refractivity (Wildman–Crippen MR) is 94.8 cm³/mol. The van der Waals surface area contributed by atoms with Gasteiger partial charge in [-0.3, -0.25) is 4.79 Å². The van der Waals surface area contributed by atoms with E-state index in [1.807, 2.05) is 35.7 Å². The van der Waals surface area contributed by atoms with Gasteiger partial charge < -0.3 is 15.7 Å². The first kappa shape index (κ1) is 17.1. The molecule has 1 atom stereocenters. The molecule has 0 bridgehead atoms. The first-order valence-electron chi connectivity index (χ1n) is 8.32. The van der Waals surface area contributed by atoms with Crippen LogP contribution >= 0.6 is 11.3 Å². The molecule has 1 aromatic heterocycles. The van der Waals surface area contributed by atoms with Crippen molar-refractivity contribution in [1.29, 1.82) is 0 Å². The minimum absolute atomic E-state index is 0.0782. The molecule has 0 aliphatic heterocycles. The van der Waals surface area contributed by atoms with E-state index < -0.39 is 0 Å². The summed E-state index contributed by atoms with van der Waals surface area (Å²) in [4.78, 5) is 16.8. The van der Waals surface area contributed by atoms with Crippen LogP contribution in [0.2, 0.25) is 0 Å². The highest BCUT2D eigenvalue weighted by Gasteiger charge is 2.33. The molecule has 1 aromatic carbocycles. The molecule has 1 amide bonds. The maximum absolute atomic E-state index is 12.5. The Hall–Kier alpha value is -1.76. The van der Waals surface area contributed by atoms with Gasteiger partial charge in [-0.15, -0.1) is 11.3 Å². The van der Waals surface area contributed by atoms with Crippen molar-refractivity contribution in [3.8, 4) is 0 Å². The van der Waals surface area contributed by atoms with Crippen LogP contribution in [0.5, 0.6) is 0 Å². The third-order valence-corrected chi connectivity index (χ3v) is 5.46. The van der Waals surface area contributed by atoms with Crippen molar-refractivity contribution in [2.45, 2.75) is 37.3 Å². The molecule has 1 saturated carbocycles. The fourth-order valence-corrected chi connectivity index (χ4v) is 3.95. The van der Waals surface area contributed by atoms with E-state index in [0.717, 1.165) is 36.3 Å². The summed E-state index contributed by atoms with van der Waals surface area (Å²) in [5.74, 6) is -0.0845. The number of carbonyl (C=O) groups excluding carboxylic acids is 1. The number of aliphatic hydroxyl groups is 1. The van der Waals surface area contributed by atoms with E-state index >= 15 is 0 Å². The van der Waals surface area contributed by atoms with Crippen LogP contribution in [-0.2, 0) is 4.79 Å². The summed E-state index contributed by atoms with van der Waals surface area (Å²) in [6.07, 6.45) is 5.79. The highest BCUT2D eigenvalue weighted by Crippen LogP contribution is 2.29. The van der Waals surface area contributed by atoms with Crippen molar-refractivity contribution < 1.29 is 9.90 Å². The molecule has 1 aliphatic carbocycles. The van der Waals surface area contributed by atoms with Gasteiger partial charge in [-0.05, 0) is 18.4 Å². The Labute approximate surface area is 146 Å². The van der Waals surface area contributed by atoms with Gasteiger partial charge in [0, 0.05) is 17.1 Å². The van der Waals surface area contributed by atoms with Crippen molar-refractivity contribution in [2.24, 2.45) is 0 Å². The van der Waals surface area contributed by atoms with Crippen LogP contribution in [0.3, 0.4) is 0 Å². The molecule has 0 saturated heterocycles. The monoisotopic (exact) mass is 345 g/mol. The quantitative estimate of drug-likeness (QED) is 0.719. The number of carbonyl (C=O) groups is 1. The SMILES string of the molecule is O=C(CNC1(CO)CCCC1)NC(c1ccccc1)c1nccs1. The number of amides is 1. The molecule has 5 nitrogen and oxygen atoms in total. The Bertz CT molecular complexity index is 640. The fourth-order valence-electron chi connectivity index (χ4n) is 3.23. The number of aliphatic hydroxyl groups excluding tert-OH is 1. The minimum atomic E-state index is -0.291. The lowest BCUT2D eigenvalue weighted by Crippen LogP contribution is -2.50. The second-order valence-electron chi connectivity index (χ2n) is 6.28. The molecule has 1 unspecified atom stereocenters. The van der Waals surface area contributed by atoms with Crippen LogP contribution < -0.4 is 10.6 Å². The minimum Gasteiger partial charge on any atom is -0.394 e. The van der Waals surface area contributed by atoms with Crippen LogP contribution in [0.25, 0.3) is 0 Å². The summed E-state index contributed by atoms with van der Waals surface area (Å²) < 4.78 is 0. The maximum Gasteiger partial charge on any atom is 0.234 e. The zero-order valence-electron chi connectivity index (χ0n) is 13.6. The molecule has 0 radical (unpaired) electrons. The first-order valence-corrected chi connectivity index (χ1v) is 9.20. The van der Waals surface area contributed by atoms with E-state index in [2.05, 4.69) is 15.6 Å². The number of thiazole rings is 1. The summed E-state index contributed by atoms with van der Waals surface area (Å²) in [6, 6.07) is 9.61. The molecular formula is C18H23N3O2S. The molecule has 0 spiro atoms. The molecule has 1 heterocycles. The molecule has 3 N–H and O–H groups in total. The molecule has 3 rings (SSSR count). The van der Waals surface area contributed by atoms with Crippen LogP contribution in [-0.4, -0.2) is 34.7 Å². The average molecular weight is 345 g/mol. The summed E-state index contributed by atoms with van der Waals surface area (Å²) in [5, 5.41) is 18.7. The summed E-state index contributed by atoms with van der Waals surface area (Å²) in [5.41, 5.74) is 0.722. The van der Waals surface area contributed by atoms with Crippen LogP contribution in [0.4, 0.5) is 0 Å². The lowest BCUT2D eigenvalue weighted by Gasteiger charge is -2.28. The van der Waals surface area contributed by atoms with E-state index in [1.165, 1.54) is 11.3 Å². The largest absolute Gasteiger partial charge is 0.394 e. The Balaban J connectivity index is 1.66. The van der Waals surface area contributed by atoms with Crippen molar-refractivity contribution >= 4 is 17.2 Å². The standard InChI is InChI=1S/C18H23N3O2S/c22-13-18(8-4-5-9-18)20-12-15(23)21-16(17-19-10-11-24-17)14-6-2-1-3-7-14/h1-3,6-7,10-11,16,20,22H,4-5,8-9,12-13H2,(H,21,23). The van der Waals surface area contributed by atoms with Crippen molar-refractivity contribution in [3.63, 3.8) is 0 Å². The zero-order chi connectivity index (χ0) is 16.8. The molecule has 1 fully saturated rings. The van der Waals surface area contributed by atoms with Gasteiger partial charge in [0.2, 0.25) is 5.91 Å². The van der Waals surface area contributed by atoms with Gasteiger partial charge in [0.25, 0.3) is 0 Å². The molecule has 1 aliphatic rings. The third-order valence-electron chi connectivity index (χ3n) is 4.62. The third kappa shape index (κ3) is 4.01. The molecular weight excluding hydrogens is 322 g/mol. The second-order valence-corrected chi connectivity index (χ2v) is 7.21. The topological polar surface area (TPSA) is 74.2 Å². The maximum atomic E-state index is 12.5. The number of hydrogen-bond acceptors (Lipinski definition) is 5. The number of benzene rings is 1. The van der Waals surface area contributed by atoms with Crippen molar-refractivity contribution in [2.75, 3.05) is 13.2 Å². The van der Waals surface area contributed by atoms with Crippen LogP contribution in [0.1, 0.15) is 42.3 Å². The molecule has 24 heavy (non-hydrogen) atoms. The summed E-state index contributed by atoms with van der Waals surface area (Å²) in [7, 11) is 0. The fraction of sp³-hybridized carbons (Fsp3) is 0.444. The highest BCUT2D eigenvalue weighted by atomic mass is 32.1. The van der Waals surface area contributed by atoms with E-state index in [0.29, 0.717) is 0 Å². The lowest BCUT2D eigenvalue weighted by atomic mass is 9.99. The van der Waals surface area contributed by atoms with Gasteiger partial charge in [-0.2, -0.15) is 0 Å². The Morgan fingerprint density at radius 3 is 2.67 bits per heavy atom. The molecule has 2 aromatic rings. The van der Waals surface area contributed by atoms with E-state index in [9.17, 15) is 9.90 Å². The van der Waals surface area contributed by atoms with E-state index in [4.69, 9.17) is 0 Å². The van der Waals surface area contributed by atoms with Crippen molar-refractivity contribution in [3.05, 3.63) is 52.5 Å². The highest BCUT2D eigenvalue weighted by molar-refractivity contribution is 7.09. The number of aromatic nitrogens is 1. The van der Waals surface area contributed by atoms with Gasteiger partial charge in [0.15, 0.2) is 0 Å². The van der Waals surface area contributed by atoms with Crippen LogP contribution in [0.15, 0.2) is 41.9 Å². The number of nitrogens with one attached hydrogen (secondary N) is 2. The Kier molecular flexibility index (Phi) is 5.60. The van der Waals surface area contributed by atoms with Gasteiger partial charge in [-0.1, -0.05) is 43.2 Å². The Morgan fingerprint density at radius 2 is 2.04 bits per heavy atom. The lowest BCUT2D eigenvalue weighted by molar-refractivity contribution is -0.121. The smallest absolute Gasteiger partial charge is 0.234 e.